The van der Waals surface area contributed by atoms with Crippen LogP contribution in [0.15, 0.2) is 58.9 Å². The zero-order valence-electron chi connectivity index (χ0n) is 14.3. The van der Waals surface area contributed by atoms with Gasteiger partial charge in [0.25, 0.3) is 5.91 Å². The molecule has 0 saturated carbocycles. The number of halogens is 1. The normalized spacial score (nSPS) is 12.2. The van der Waals surface area contributed by atoms with Crippen LogP contribution >= 0.6 is 0 Å². The minimum Gasteiger partial charge on any atom is -0.382 e. The van der Waals surface area contributed by atoms with Crippen LogP contribution in [-0.2, 0) is 0 Å². The van der Waals surface area contributed by atoms with Crippen molar-refractivity contribution >= 4 is 23.3 Å². The van der Waals surface area contributed by atoms with E-state index in [1.54, 1.807) is 24.4 Å². The van der Waals surface area contributed by atoms with Crippen molar-refractivity contribution in [3.05, 3.63) is 77.4 Å². The molecule has 0 radical (unpaired) electrons. The number of aliphatic imine (C=N–C) groups is 2. The molecule has 0 saturated heterocycles. The van der Waals surface area contributed by atoms with Gasteiger partial charge in [-0.25, -0.2) is 19.4 Å². The predicted octanol–water partition coefficient (Wildman–Crippen LogP) is 1.83. The summed E-state index contributed by atoms with van der Waals surface area (Å²) in [5.74, 6) is -1.13. The number of nitrogens with one attached hydrogen (secondary N) is 1. The number of amidine groups is 2. The zero-order valence-corrected chi connectivity index (χ0v) is 14.3. The quantitative estimate of drug-likeness (QED) is 0.480. The number of aromatic amines is 1. The number of aromatic nitrogens is 3. The van der Waals surface area contributed by atoms with Gasteiger partial charge in [-0.3, -0.25) is 9.78 Å². The molecule has 3 heterocycles. The number of carbonyl (C=O) groups excluding carboxylic acids is 1. The molecule has 0 unspecified atom stereocenters. The molecule has 8 nitrogen and oxygen atoms in total. The highest BCUT2D eigenvalue weighted by Gasteiger charge is 2.11. The summed E-state index contributed by atoms with van der Waals surface area (Å²) in [7, 11) is 0. The Hall–Kier alpha value is -3.88. The largest absolute Gasteiger partial charge is 0.382 e. The molecule has 0 bridgehead atoms. The molecule has 0 aromatic carbocycles. The third-order valence-corrected chi connectivity index (χ3v) is 3.54. The maximum Gasteiger partial charge on any atom is 0.267 e. The first-order valence-corrected chi connectivity index (χ1v) is 7.89. The highest BCUT2D eigenvalue weighted by atomic mass is 19.1. The molecule has 3 rings (SSSR count). The van der Waals surface area contributed by atoms with Crippen molar-refractivity contribution in [3.8, 4) is 0 Å². The molecule has 5 N–H and O–H groups in total. The molecule has 0 spiro atoms. The fraction of sp³-hybridized carbons (Fsp3) is 0.0556. The maximum atomic E-state index is 13.9. The Labute approximate surface area is 153 Å². The monoisotopic (exact) mass is 365 g/mol. The predicted molar refractivity (Wildman–Crippen MR) is 99.4 cm³/mol. The summed E-state index contributed by atoms with van der Waals surface area (Å²) in [6, 6.07) is 7.85. The second-order valence-electron chi connectivity index (χ2n) is 5.62. The second-order valence-corrected chi connectivity index (χ2v) is 5.62. The van der Waals surface area contributed by atoms with E-state index < -0.39 is 11.7 Å². The van der Waals surface area contributed by atoms with Gasteiger partial charge in [0.05, 0.1) is 11.9 Å². The van der Waals surface area contributed by atoms with Crippen LogP contribution in [0.4, 0.5) is 10.1 Å². The van der Waals surface area contributed by atoms with Gasteiger partial charge in [0, 0.05) is 12.4 Å². The number of primary amides is 1. The van der Waals surface area contributed by atoms with Crippen LogP contribution in [0.3, 0.4) is 0 Å². The van der Waals surface area contributed by atoms with Crippen LogP contribution in [0.1, 0.15) is 27.4 Å². The summed E-state index contributed by atoms with van der Waals surface area (Å²) < 4.78 is 13.9. The average Bonchev–Trinajstić information content (AvgIpc) is 3.09. The van der Waals surface area contributed by atoms with Crippen LogP contribution in [0.25, 0.3) is 0 Å². The van der Waals surface area contributed by atoms with Gasteiger partial charge in [-0.1, -0.05) is 6.07 Å². The minimum absolute atomic E-state index is 0.00133. The minimum atomic E-state index is -0.683. The Kier molecular flexibility index (Phi) is 5.02. The van der Waals surface area contributed by atoms with E-state index in [1.807, 2.05) is 6.92 Å². The molecular weight excluding hydrogens is 349 g/mol. The summed E-state index contributed by atoms with van der Waals surface area (Å²) in [4.78, 5) is 30.6. The lowest BCUT2D eigenvalue weighted by atomic mass is 10.2. The first-order valence-electron chi connectivity index (χ1n) is 7.89. The Bertz CT molecular complexity index is 1060. The number of amides is 1. The van der Waals surface area contributed by atoms with Crippen molar-refractivity contribution in [1.82, 2.24) is 15.0 Å². The number of rotatable bonds is 4. The van der Waals surface area contributed by atoms with Crippen molar-refractivity contribution in [2.45, 2.75) is 6.92 Å². The van der Waals surface area contributed by atoms with Crippen LogP contribution in [-0.4, -0.2) is 32.5 Å². The standard InChI is InChI=1S/C18H16FN7O/c1-10-7-15(23-8-10)18(25-12-5-6-22-9-11(12)19)26-16(20)13-3-2-4-14(24-13)17(21)27/h2-9,23H,1H3,(H2,21,27)(H2,20,22,25,26). The molecule has 1 amide bonds. The molecule has 3 aromatic rings. The number of pyridine rings is 2. The fourth-order valence-electron chi connectivity index (χ4n) is 2.24. The van der Waals surface area contributed by atoms with E-state index in [9.17, 15) is 9.18 Å². The van der Waals surface area contributed by atoms with Gasteiger partial charge in [-0.15, -0.1) is 0 Å². The molecule has 9 heteroatoms. The van der Waals surface area contributed by atoms with Crippen molar-refractivity contribution in [3.63, 3.8) is 0 Å². The van der Waals surface area contributed by atoms with Crippen molar-refractivity contribution in [2.75, 3.05) is 0 Å². The van der Waals surface area contributed by atoms with Gasteiger partial charge in [0.1, 0.15) is 17.1 Å². The van der Waals surface area contributed by atoms with Gasteiger partial charge < -0.3 is 16.5 Å². The molecule has 0 fully saturated rings. The Balaban J connectivity index is 2.08. The number of nitrogens with two attached hydrogens (primary N) is 2. The molecule has 0 aliphatic rings. The van der Waals surface area contributed by atoms with Crippen molar-refractivity contribution in [2.24, 2.45) is 21.5 Å². The van der Waals surface area contributed by atoms with E-state index >= 15 is 0 Å². The molecule has 0 atom stereocenters. The fourth-order valence-corrected chi connectivity index (χ4v) is 2.24. The van der Waals surface area contributed by atoms with E-state index in [1.165, 1.54) is 18.3 Å². The van der Waals surface area contributed by atoms with Gasteiger partial charge in [0.15, 0.2) is 17.5 Å². The topological polar surface area (TPSA) is 135 Å². The number of aryl methyl sites for hydroxylation is 1. The third kappa shape index (κ3) is 4.21. The number of H-pyrrole nitrogens is 1. The summed E-state index contributed by atoms with van der Waals surface area (Å²) in [5, 5.41) is 0. The van der Waals surface area contributed by atoms with E-state index in [0.717, 1.165) is 11.8 Å². The maximum absolute atomic E-state index is 13.9. The Morgan fingerprint density at radius 1 is 1.22 bits per heavy atom. The Morgan fingerprint density at radius 3 is 2.67 bits per heavy atom. The van der Waals surface area contributed by atoms with Gasteiger partial charge >= 0.3 is 0 Å². The zero-order chi connectivity index (χ0) is 19.4. The van der Waals surface area contributed by atoms with E-state index in [-0.39, 0.29) is 28.7 Å². The average molecular weight is 365 g/mol. The van der Waals surface area contributed by atoms with Crippen LogP contribution in [0.2, 0.25) is 0 Å². The molecule has 0 aliphatic carbocycles. The number of hydrogen-bond donors (Lipinski definition) is 3. The highest BCUT2D eigenvalue weighted by molar-refractivity contribution is 6.10. The molecule has 136 valence electrons. The van der Waals surface area contributed by atoms with Crippen LogP contribution < -0.4 is 11.5 Å². The lowest BCUT2D eigenvalue weighted by Gasteiger charge is -2.04. The van der Waals surface area contributed by atoms with E-state index in [0.29, 0.717) is 5.69 Å². The molecule has 0 aliphatic heterocycles. The first-order chi connectivity index (χ1) is 12.9. The summed E-state index contributed by atoms with van der Waals surface area (Å²) >= 11 is 0. The smallest absolute Gasteiger partial charge is 0.267 e. The lowest BCUT2D eigenvalue weighted by molar-refractivity contribution is 0.0995. The molecule has 27 heavy (non-hydrogen) atoms. The molecule has 3 aromatic heterocycles. The van der Waals surface area contributed by atoms with Crippen molar-refractivity contribution in [1.29, 1.82) is 0 Å². The number of hydrogen-bond acceptors (Lipinski definition) is 4. The highest BCUT2D eigenvalue weighted by Crippen LogP contribution is 2.18. The van der Waals surface area contributed by atoms with Crippen molar-refractivity contribution < 1.29 is 9.18 Å². The molecular formula is C18H16FN7O. The second kappa shape index (κ2) is 7.56. The SMILES string of the molecule is Cc1c[nH]c(C(N=C(N)c2cccc(C(N)=O)n2)=Nc2ccncc2F)c1. The third-order valence-electron chi connectivity index (χ3n) is 3.54. The van der Waals surface area contributed by atoms with Gasteiger partial charge in [-0.2, -0.15) is 0 Å². The van der Waals surface area contributed by atoms with E-state index in [4.69, 9.17) is 11.5 Å². The van der Waals surface area contributed by atoms with Gasteiger partial charge in [0.2, 0.25) is 0 Å². The first kappa shape index (κ1) is 17.9. The number of nitrogens with zero attached hydrogens (tertiary/aromatic N) is 4. The van der Waals surface area contributed by atoms with Gasteiger partial charge in [-0.05, 0) is 36.8 Å². The van der Waals surface area contributed by atoms with E-state index in [2.05, 4.69) is 24.9 Å². The lowest BCUT2D eigenvalue weighted by Crippen LogP contribution is -2.21. The van der Waals surface area contributed by atoms with Crippen LogP contribution in [0, 0.1) is 12.7 Å². The van der Waals surface area contributed by atoms with Crippen LogP contribution in [0.5, 0.6) is 0 Å². The number of carbonyl (C=O) groups is 1. The summed E-state index contributed by atoms with van der Waals surface area (Å²) in [6.07, 6.45) is 4.23. The Morgan fingerprint density at radius 2 is 2.00 bits per heavy atom. The summed E-state index contributed by atoms with van der Waals surface area (Å²) in [6.45, 7) is 1.88. The summed E-state index contributed by atoms with van der Waals surface area (Å²) in [5.41, 5.74) is 13.1.